The van der Waals surface area contributed by atoms with E-state index in [1.165, 1.54) is 0 Å². The number of carbonyl (C=O) groups excluding carboxylic acids is 2. The van der Waals surface area contributed by atoms with Gasteiger partial charge in [0, 0.05) is 0 Å². The van der Waals surface area contributed by atoms with E-state index < -0.39 is 5.91 Å². The van der Waals surface area contributed by atoms with E-state index in [4.69, 9.17) is 21.1 Å². The number of benzene rings is 1. The van der Waals surface area contributed by atoms with Crippen LogP contribution < -0.4 is 10.1 Å². The molecular weight excluding hydrogens is 326 g/mol. The molecule has 1 saturated heterocycles. The third kappa shape index (κ3) is 4.76. The average Bonchev–Trinajstić information content (AvgIpc) is 2.74. The summed E-state index contributed by atoms with van der Waals surface area (Å²) in [6.45, 7) is 4.80. The molecule has 0 bridgehead atoms. The van der Waals surface area contributed by atoms with Gasteiger partial charge in [0.1, 0.15) is 12.4 Å². The second-order valence-electron chi connectivity index (χ2n) is 4.81. The summed E-state index contributed by atoms with van der Waals surface area (Å²) in [4.78, 5) is 22.9. The minimum Gasteiger partial charge on any atom is -0.490 e. The maximum atomic E-state index is 11.5. The molecule has 1 aliphatic heterocycles. The Labute approximate surface area is 138 Å². The SMILES string of the molecule is CC(C)OCCOc1ccc(/C=C2\SC(=O)NC2=O)cc1Cl. The van der Waals surface area contributed by atoms with Crippen LogP contribution in [0.4, 0.5) is 4.79 Å². The van der Waals surface area contributed by atoms with Crippen molar-refractivity contribution < 1.29 is 19.1 Å². The van der Waals surface area contributed by atoms with Gasteiger partial charge in [-0.05, 0) is 49.4 Å². The summed E-state index contributed by atoms with van der Waals surface area (Å²) in [5.74, 6) is 0.160. The second kappa shape index (κ2) is 7.67. The van der Waals surface area contributed by atoms with E-state index in [1.54, 1.807) is 24.3 Å². The van der Waals surface area contributed by atoms with E-state index in [-0.39, 0.29) is 11.3 Å². The standard InChI is InChI=1S/C15H16ClNO4S/c1-9(2)20-5-6-21-12-4-3-10(7-11(12)16)8-13-14(18)17-15(19)22-13/h3-4,7-9H,5-6H2,1-2H3,(H,17,18,19)/b13-8-. The van der Waals surface area contributed by atoms with Crippen LogP contribution in [-0.4, -0.2) is 30.5 Å². The first-order chi connectivity index (χ1) is 10.5. The normalized spacial score (nSPS) is 16.5. The monoisotopic (exact) mass is 341 g/mol. The molecule has 5 nitrogen and oxygen atoms in total. The zero-order chi connectivity index (χ0) is 16.1. The lowest BCUT2D eigenvalue weighted by Gasteiger charge is -2.10. The highest BCUT2D eigenvalue weighted by Crippen LogP contribution is 2.29. The molecule has 0 saturated carbocycles. The molecular formula is C15H16ClNO4S. The van der Waals surface area contributed by atoms with Crippen molar-refractivity contribution in [1.82, 2.24) is 5.32 Å². The molecule has 1 N–H and O–H groups in total. The van der Waals surface area contributed by atoms with Crippen molar-refractivity contribution in [3.63, 3.8) is 0 Å². The summed E-state index contributed by atoms with van der Waals surface area (Å²) in [6, 6.07) is 5.18. The molecule has 1 aromatic rings. The molecule has 2 rings (SSSR count). The number of rotatable bonds is 6. The molecule has 0 radical (unpaired) electrons. The van der Waals surface area contributed by atoms with Crippen LogP contribution in [0.25, 0.3) is 6.08 Å². The van der Waals surface area contributed by atoms with Gasteiger partial charge in [0.15, 0.2) is 0 Å². The van der Waals surface area contributed by atoms with Gasteiger partial charge >= 0.3 is 0 Å². The number of carbonyl (C=O) groups is 2. The Hall–Kier alpha value is -1.50. The first-order valence-corrected chi connectivity index (χ1v) is 7.94. The van der Waals surface area contributed by atoms with Crippen molar-refractivity contribution in [2.75, 3.05) is 13.2 Å². The van der Waals surface area contributed by atoms with Crippen LogP contribution in [0.2, 0.25) is 5.02 Å². The van der Waals surface area contributed by atoms with E-state index in [2.05, 4.69) is 5.32 Å². The Morgan fingerprint density at radius 2 is 2.09 bits per heavy atom. The first-order valence-electron chi connectivity index (χ1n) is 6.74. The number of imide groups is 1. The molecule has 1 aromatic carbocycles. The van der Waals surface area contributed by atoms with E-state index >= 15 is 0 Å². The van der Waals surface area contributed by atoms with Crippen LogP contribution in [-0.2, 0) is 9.53 Å². The Morgan fingerprint density at radius 3 is 2.68 bits per heavy atom. The molecule has 1 heterocycles. The van der Waals surface area contributed by atoms with Gasteiger partial charge in [-0.15, -0.1) is 0 Å². The van der Waals surface area contributed by atoms with Crippen LogP contribution in [0.15, 0.2) is 23.1 Å². The van der Waals surface area contributed by atoms with Crippen LogP contribution in [0.3, 0.4) is 0 Å². The summed E-state index contributed by atoms with van der Waals surface area (Å²) in [5, 5.41) is 2.27. The van der Waals surface area contributed by atoms with E-state index in [9.17, 15) is 9.59 Å². The molecule has 0 spiro atoms. The van der Waals surface area contributed by atoms with Crippen LogP contribution >= 0.6 is 23.4 Å². The average molecular weight is 342 g/mol. The maximum Gasteiger partial charge on any atom is 0.290 e. The van der Waals surface area contributed by atoms with Gasteiger partial charge in [-0.1, -0.05) is 17.7 Å². The van der Waals surface area contributed by atoms with Gasteiger partial charge in [-0.3, -0.25) is 14.9 Å². The Kier molecular flexibility index (Phi) is 5.88. The number of ether oxygens (including phenoxy) is 2. The van der Waals surface area contributed by atoms with Gasteiger partial charge in [-0.25, -0.2) is 0 Å². The summed E-state index contributed by atoms with van der Waals surface area (Å²) in [5.41, 5.74) is 0.725. The third-order valence-corrected chi connectivity index (χ3v) is 3.79. The van der Waals surface area contributed by atoms with Crippen LogP contribution in [0.1, 0.15) is 19.4 Å². The zero-order valence-corrected chi connectivity index (χ0v) is 13.8. The minimum atomic E-state index is -0.391. The quantitative estimate of drug-likeness (QED) is 0.634. The number of thioether (sulfide) groups is 1. The molecule has 0 unspecified atom stereocenters. The third-order valence-electron chi connectivity index (χ3n) is 2.69. The molecule has 2 amide bonds. The fourth-order valence-corrected chi connectivity index (χ4v) is 2.66. The molecule has 118 valence electrons. The largest absolute Gasteiger partial charge is 0.490 e. The van der Waals surface area contributed by atoms with E-state index in [0.717, 1.165) is 17.3 Å². The zero-order valence-electron chi connectivity index (χ0n) is 12.2. The predicted molar refractivity (Wildman–Crippen MR) is 87.1 cm³/mol. The second-order valence-corrected chi connectivity index (χ2v) is 6.23. The van der Waals surface area contributed by atoms with E-state index in [1.807, 2.05) is 13.8 Å². The van der Waals surface area contributed by atoms with Crippen molar-refractivity contribution in [1.29, 1.82) is 0 Å². The Morgan fingerprint density at radius 1 is 1.32 bits per heavy atom. The minimum absolute atomic E-state index is 0.158. The number of amides is 2. The first kappa shape index (κ1) is 16.9. The number of hydrogen-bond acceptors (Lipinski definition) is 5. The van der Waals surface area contributed by atoms with Crippen molar-refractivity contribution in [3.8, 4) is 5.75 Å². The molecule has 7 heteroatoms. The smallest absolute Gasteiger partial charge is 0.290 e. The molecule has 0 aromatic heterocycles. The molecule has 22 heavy (non-hydrogen) atoms. The number of hydrogen-bond donors (Lipinski definition) is 1. The molecule has 0 aliphatic carbocycles. The van der Waals surface area contributed by atoms with Crippen LogP contribution in [0.5, 0.6) is 5.75 Å². The van der Waals surface area contributed by atoms with E-state index in [0.29, 0.717) is 28.9 Å². The summed E-state index contributed by atoms with van der Waals surface area (Å²) >= 11 is 7.02. The van der Waals surface area contributed by atoms with Crippen LogP contribution in [0, 0.1) is 0 Å². The highest BCUT2D eigenvalue weighted by Gasteiger charge is 2.24. The van der Waals surface area contributed by atoms with Crippen molar-refractivity contribution in [3.05, 3.63) is 33.7 Å². The van der Waals surface area contributed by atoms with Gasteiger partial charge in [0.2, 0.25) is 0 Å². The molecule has 1 fully saturated rings. The number of halogens is 1. The summed E-state index contributed by atoms with van der Waals surface area (Å²) in [6.07, 6.45) is 1.77. The maximum absolute atomic E-state index is 11.5. The number of nitrogens with one attached hydrogen (secondary N) is 1. The predicted octanol–water partition coefficient (Wildman–Crippen LogP) is 3.47. The fraction of sp³-hybridized carbons (Fsp3) is 0.333. The van der Waals surface area contributed by atoms with Gasteiger partial charge in [-0.2, -0.15) is 0 Å². The summed E-state index contributed by atoms with van der Waals surface area (Å²) < 4.78 is 10.9. The fourth-order valence-electron chi connectivity index (χ4n) is 1.73. The highest BCUT2D eigenvalue weighted by molar-refractivity contribution is 8.18. The lowest BCUT2D eigenvalue weighted by molar-refractivity contribution is -0.115. The van der Waals surface area contributed by atoms with Crippen molar-refractivity contribution in [2.45, 2.75) is 20.0 Å². The lowest BCUT2D eigenvalue weighted by atomic mass is 10.2. The van der Waals surface area contributed by atoms with Gasteiger partial charge in [0.25, 0.3) is 11.1 Å². The Balaban J connectivity index is 1.99. The topological polar surface area (TPSA) is 64.6 Å². The molecule has 0 atom stereocenters. The van der Waals surface area contributed by atoms with Gasteiger partial charge in [0.05, 0.1) is 22.6 Å². The van der Waals surface area contributed by atoms with Crippen molar-refractivity contribution in [2.24, 2.45) is 0 Å². The Bertz CT molecular complexity index is 616. The molecule has 1 aliphatic rings. The summed E-state index contributed by atoms with van der Waals surface area (Å²) in [7, 11) is 0. The van der Waals surface area contributed by atoms with Gasteiger partial charge < -0.3 is 9.47 Å². The van der Waals surface area contributed by atoms with Crippen molar-refractivity contribution >= 4 is 40.6 Å². The lowest BCUT2D eigenvalue weighted by Crippen LogP contribution is -2.17. The highest BCUT2D eigenvalue weighted by atomic mass is 35.5.